The fourth-order valence-electron chi connectivity index (χ4n) is 3.93. The van der Waals surface area contributed by atoms with Gasteiger partial charge in [-0.2, -0.15) is 13.2 Å². The minimum absolute atomic E-state index is 0.0213. The second kappa shape index (κ2) is 10.4. The van der Waals surface area contributed by atoms with E-state index >= 15 is 0 Å². The van der Waals surface area contributed by atoms with Crippen LogP contribution in [0.1, 0.15) is 49.3 Å². The van der Waals surface area contributed by atoms with Gasteiger partial charge in [-0.15, -0.1) is 0 Å². The first-order chi connectivity index (χ1) is 13.9. The molecule has 0 radical (unpaired) electrons. The normalized spacial score (nSPS) is 20.4. The number of carbonyl (C=O) groups is 1. The van der Waals surface area contributed by atoms with E-state index in [-0.39, 0.29) is 24.7 Å². The first-order valence-electron chi connectivity index (χ1n) is 10.3. The van der Waals surface area contributed by atoms with E-state index in [4.69, 9.17) is 9.47 Å². The van der Waals surface area contributed by atoms with Crippen LogP contribution in [0.15, 0.2) is 24.3 Å². The molecule has 1 saturated carbocycles. The minimum Gasteiger partial charge on any atom is -0.379 e. The number of nitrogens with one attached hydrogen (secondary N) is 1. The van der Waals surface area contributed by atoms with Crippen molar-refractivity contribution in [3.05, 3.63) is 35.4 Å². The van der Waals surface area contributed by atoms with Gasteiger partial charge in [-0.25, -0.2) is 0 Å². The molecule has 29 heavy (non-hydrogen) atoms. The van der Waals surface area contributed by atoms with E-state index in [1.165, 1.54) is 18.6 Å². The van der Waals surface area contributed by atoms with E-state index in [0.717, 1.165) is 43.4 Å². The summed E-state index contributed by atoms with van der Waals surface area (Å²) in [5.74, 6) is -0.194. The van der Waals surface area contributed by atoms with E-state index in [1.54, 1.807) is 0 Å². The van der Waals surface area contributed by atoms with Crippen molar-refractivity contribution in [2.45, 2.75) is 50.4 Å². The van der Waals surface area contributed by atoms with E-state index in [1.807, 2.05) is 0 Å². The van der Waals surface area contributed by atoms with Gasteiger partial charge in [0.05, 0.1) is 30.9 Å². The van der Waals surface area contributed by atoms with Gasteiger partial charge in [-0.05, 0) is 30.5 Å². The number of morpholine rings is 1. The molecule has 1 amide bonds. The molecule has 0 spiro atoms. The van der Waals surface area contributed by atoms with Crippen molar-refractivity contribution < 1.29 is 27.4 Å². The van der Waals surface area contributed by atoms with Crippen molar-refractivity contribution in [3.8, 4) is 0 Å². The zero-order valence-corrected chi connectivity index (χ0v) is 16.5. The lowest BCUT2D eigenvalue weighted by Crippen LogP contribution is -2.44. The quantitative estimate of drug-likeness (QED) is 0.742. The average Bonchev–Trinajstić information content (AvgIpc) is 2.74. The lowest BCUT2D eigenvalue weighted by Gasteiger charge is -2.35. The Hall–Kier alpha value is -1.64. The number of amides is 1. The third kappa shape index (κ3) is 6.69. The highest BCUT2D eigenvalue weighted by Crippen LogP contribution is 2.31. The van der Waals surface area contributed by atoms with Crippen LogP contribution in [-0.2, 0) is 20.4 Å². The predicted octanol–water partition coefficient (Wildman–Crippen LogP) is 3.54. The summed E-state index contributed by atoms with van der Waals surface area (Å²) < 4.78 is 49.7. The van der Waals surface area contributed by atoms with E-state index in [2.05, 4.69) is 10.2 Å². The number of halogens is 3. The van der Waals surface area contributed by atoms with E-state index in [0.29, 0.717) is 32.8 Å². The summed E-state index contributed by atoms with van der Waals surface area (Å²) in [6.45, 7) is 2.80. The zero-order valence-electron chi connectivity index (χ0n) is 16.5. The highest BCUT2D eigenvalue weighted by Gasteiger charge is 2.31. The molecule has 162 valence electrons. The molecule has 1 N–H and O–H groups in total. The SMILES string of the molecule is O=C(COC1CCCCC1)NCC(c1ccc(C(F)(F)F)cc1)N1CCOCC1. The molecule has 1 aromatic rings. The Balaban J connectivity index is 1.58. The number of ether oxygens (including phenoxy) is 2. The molecule has 8 heteroatoms. The molecule has 2 aliphatic rings. The summed E-state index contributed by atoms with van der Waals surface area (Å²) in [6, 6.07) is 4.97. The lowest BCUT2D eigenvalue weighted by molar-refractivity contribution is -0.137. The fraction of sp³-hybridized carbons (Fsp3) is 0.667. The number of hydrogen-bond acceptors (Lipinski definition) is 4. The summed E-state index contributed by atoms with van der Waals surface area (Å²) in [5, 5.41) is 2.89. The molecule has 1 unspecified atom stereocenters. The Morgan fingerprint density at radius 1 is 1.14 bits per heavy atom. The predicted molar refractivity (Wildman–Crippen MR) is 102 cm³/mol. The van der Waals surface area contributed by atoms with Crippen molar-refractivity contribution in [1.82, 2.24) is 10.2 Å². The molecule has 1 heterocycles. The van der Waals surface area contributed by atoms with Gasteiger partial charge in [0.2, 0.25) is 5.91 Å². The Bertz CT molecular complexity index is 640. The highest BCUT2D eigenvalue weighted by molar-refractivity contribution is 5.77. The summed E-state index contributed by atoms with van der Waals surface area (Å²) in [7, 11) is 0. The third-order valence-corrected chi connectivity index (χ3v) is 5.60. The molecule has 5 nitrogen and oxygen atoms in total. The van der Waals surface area contributed by atoms with Crippen LogP contribution in [0.5, 0.6) is 0 Å². The van der Waals surface area contributed by atoms with Gasteiger partial charge in [-0.3, -0.25) is 9.69 Å². The average molecular weight is 414 g/mol. The number of alkyl halides is 3. The van der Waals surface area contributed by atoms with Crippen LogP contribution in [0.3, 0.4) is 0 Å². The van der Waals surface area contributed by atoms with Crippen LogP contribution in [0.2, 0.25) is 0 Å². The maximum atomic E-state index is 12.9. The van der Waals surface area contributed by atoms with Gasteiger partial charge in [0.1, 0.15) is 6.61 Å². The van der Waals surface area contributed by atoms with Crippen LogP contribution < -0.4 is 5.32 Å². The molecule has 1 aromatic carbocycles. The summed E-state index contributed by atoms with van der Waals surface area (Å²) >= 11 is 0. The maximum absolute atomic E-state index is 12.9. The van der Waals surface area contributed by atoms with Crippen molar-refractivity contribution >= 4 is 5.91 Å². The van der Waals surface area contributed by atoms with Crippen LogP contribution in [0.25, 0.3) is 0 Å². The number of rotatable bonds is 7. The molecule has 0 aromatic heterocycles. The third-order valence-electron chi connectivity index (χ3n) is 5.60. The number of nitrogens with zero attached hydrogens (tertiary/aromatic N) is 1. The molecule has 2 fully saturated rings. The van der Waals surface area contributed by atoms with Crippen LogP contribution in [0, 0.1) is 0 Å². The molecule has 1 saturated heterocycles. The first-order valence-corrected chi connectivity index (χ1v) is 10.3. The van der Waals surface area contributed by atoms with Crippen molar-refractivity contribution in [1.29, 1.82) is 0 Å². The Morgan fingerprint density at radius 2 is 1.79 bits per heavy atom. The molecular weight excluding hydrogens is 385 g/mol. The van der Waals surface area contributed by atoms with Gasteiger partial charge < -0.3 is 14.8 Å². The van der Waals surface area contributed by atoms with Crippen LogP contribution in [0.4, 0.5) is 13.2 Å². The molecule has 3 rings (SSSR count). The topological polar surface area (TPSA) is 50.8 Å². The van der Waals surface area contributed by atoms with Gasteiger partial charge in [0.15, 0.2) is 0 Å². The lowest BCUT2D eigenvalue weighted by atomic mass is 9.98. The summed E-state index contributed by atoms with van der Waals surface area (Å²) in [6.07, 6.45) is 1.28. The second-order valence-electron chi connectivity index (χ2n) is 7.66. The molecule has 1 aliphatic carbocycles. The highest BCUT2D eigenvalue weighted by atomic mass is 19.4. The Kier molecular flexibility index (Phi) is 7.91. The fourth-order valence-corrected chi connectivity index (χ4v) is 3.93. The summed E-state index contributed by atoms with van der Waals surface area (Å²) in [4.78, 5) is 14.4. The van der Waals surface area contributed by atoms with Gasteiger partial charge in [0, 0.05) is 19.6 Å². The van der Waals surface area contributed by atoms with Gasteiger partial charge >= 0.3 is 6.18 Å². The molecule has 1 atom stereocenters. The zero-order chi connectivity index (χ0) is 20.7. The number of carbonyl (C=O) groups excluding carboxylic acids is 1. The van der Waals surface area contributed by atoms with Crippen LogP contribution in [-0.4, -0.2) is 56.4 Å². The van der Waals surface area contributed by atoms with E-state index < -0.39 is 11.7 Å². The molecule has 0 bridgehead atoms. The number of hydrogen-bond donors (Lipinski definition) is 1. The number of benzene rings is 1. The van der Waals surface area contributed by atoms with Gasteiger partial charge in [-0.1, -0.05) is 31.4 Å². The van der Waals surface area contributed by atoms with Crippen molar-refractivity contribution in [2.24, 2.45) is 0 Å². The maximum Gasteiger partial charge on any atom is 0.416 e. The van der Waals surface area contributed by atoms with Crippen LogP contribution >= 0.6 is 0 Å². The standard InChI is InChI=1S/C21H29F3N2O3/c22-21(23,24)17-8-6-16(7-9-17)19(26-10-12-28-13-11-26)14-25-20(27)15-29-18-4-2-1-3-5-18/h6-9,18-19H,1-5,10-15H2,(H,25,27). The minimum atomic E-state index is -4.36. The molecule has 1 aliphatic heterocycles. The second-order valence-corrected chi connectivity index (χ2v) is 7.66. The first kappa shape index (κ1) is 22.1. The Morgan fingerprint density at radius 3 is 2.41 bits per heavy atom. The smallest absolute Gasteiger partial charge is 0.379 e. The Labute approximate surface area is 169 Å². The summed E-state index contributed by atoms with van der Waals surface area (Å²) in [5.41, 5.74) is 0.0697. The van der Waals surface area contributed by atoms with Crippen molar-refractivity contribution in [2.75, 3.05) is 39.5 Å². The monoisotopic (exact) mass is 414 g/mol. The van der Waals surface area contributed by atoms with Crippen molar-refractivity contribution in [3.63, 3.8) is 0 Å². The van der Waals surface area contributed by atoms with E-state index in [9.17, 15) is 18.0 Å². The largest absolute Gasteiger partial charge is 0.416 e. The van der Waals surface area contributed by atoms with Gasteiger partial charge in [0.25, 0.3) is 0 Å². The molecular formula is C21H29F3N2O3.